The Morgan fingerprint density at radius 3 is 2.12 bits per heavy atom. The molecule has 0 spiro atoms. The Hall–Kier alpha value is -6.34. The van der Waals surface area contributed by atoms with Crippen LogP contribution < -0.4 is 9.46 Å². The normalized spacial score (nSPS) is 13.8. The van der Waals surface area contributed by atoms with Crippen LogP contribution in [-0.4, -0.2) is 47.3 Å². The van der Waals surface area contributed by atoms with Gasteiger partial charge in [-0.2, -0.15) is 0 Å². The Bertz CT molecular complexity index is 2310. The number of carbonyl (C=O) groups is 4. The van der Waals surface area contributed by atoms with E-state index in [1.165, 1.54) is 17.0 Å². The SMILES string of the molecule is O=C(O)c1cc(C(=O)N(Cc2cccc(Oc3ccccc3)c2)[C@H]2CCCc3ccccc32)c(C(=O)O)cc1C(=O)NS(=O)(=O)c1ccccc1F. The van der Waals surface area contributed by atoms with Crippen LogP contribution in [0.25, 0.3) is 0 Å². The highest BCUT2D eigenvalue weighted by molar-refractivity contribution is 7.90. The maximum absolute atomic E-state index is 14.7. The van der Waals surface area contributed by atoms with E-state index in [1.807, 2.05) is 42.5 Å². The number of nitrogens with zero attached hydrogens (tertiary/aromatic N) is 1. The fourth-order valence-electron chi connectivity index (χ4n) is 6.27. The Balaban J connectivity index is 1.42. The average molecular weight is 723 g/mol. The number of amides is 2. The fourth-order valence-corrected chi connectivity index (χ4v) is 7.32. The molecule has 0 saturated carbocycles. The van der Waals surface area contributed by atoms with Gasteiger partial charge in [-0.05, 0) is 84.5 Å². The van der Waals surface area contributed by atoms with Crippen molar-refractivity contribution in [2.45, 2.75) is 36.7 Å². The summed E-state index contributed by atoms with van der Waals surface area (Å²) in [6.45, 7) is -0.0333. The summed E-state index contributed by atoms with van der Waals surface area (Å²) in [6.07, 6.45) is 1.99. The molecule has 0 heterocycles. The van der Waals surface area contributed by atoms with Crippen LogP contribution in [0.15, 0.2) is 120 Å². The highest BCUT2D eigenvalue weighted by Gasteiger charge is 2.34. The molecule has 5 aromatic carbocycles. The van der Waals surface area contributed by atoms with Gasteiger partial charge >= 0.3 is 11.9 Å². The number of carbonyl (C=O) groups excluding carboxylic acids is 2. The largest absolute Gasteiger partial charge is 0.478 e. The monoisotopic (exact) mass is 722 g/mol. The number of halogens is 1. The van der Waals surface area contributed by atoms with Gasteiger partial charge in [0.2, 0.25) is 0 Å². The first-order chi connectivity index (χ1) is 24.9. The topological polar surface area (TPSA) is 167 Å². The summed E-state index contributed by atoms with van der Waals surface area (Å²) in [5.74, 6) is -5.87. The Kier molecular flexibility index (Phi) is 10.1. The smallest absolute Gasteiger partial charge is 0.336 e. The van der Waals surface area contributed by atoms with Crippen LogP contribution in [0.5, 0.6) is 11.5 Å². The van der Waals surface area contributed by atoms with Gasteiger partial charge in [0.15, 0.2) is 0 Å². The van der Waals surface area contributed by atoms with Gasteiger partial charge in [0.25, 0.3) is 21.8 Å². The summed E-state index contributed by atoms with van der Waals surface area (Å²) >= 11 is 0. The third-order valence-electron chi connectivity index (χ3n) is 8.65. The zero-order chi connectivity index (χ0) is 37.0. The number of hydrogen-bond acceptors (Lipinski definition) is 7. The number of carboxylic acid groups (broad SMARTS) is 2. The molecule has 0 bridgehead atoms. The summed E-state index contributed by atoms with van der Waals surface area (Å²) < 4.78 is 47.7. The van der Waals surface area contributed by atoms with Crippen molar-refractivity contribution in [3.8, 4) is 11.5 Å². The lowest BCUT2D eigenvalue weighted by atomic mass is 9.86. The van der Waals surface area contributed by atoms with E-state index in [1.54, 1.807) is 41.1 Å². The van der Waals surface area contributed by atoms with Crippen LogP contribution in [0.2, 0.25) is 0 Å². The lowest BCUT2D eigenvalue weighted by Crippen LogP contribution is -2.37. The quantitative estimate of drug-likeness (QED) is 0.132. The number of para-hydroxylation sites is 1. The van der Waals surface area contributed by atoms with Crippen LogP contribution in [0, 0.1) is 5.82 Å². The van der Waals surface area contributed by atoms with Gasteiger partial charge in [0, 0.05) is 6.54 Å². The van der Waals surface area contributed by atoms with E-state index < -0.39 is 72.8 Å². The summed E-state index contributed by atoms with van der Waals surface area (Å²) in [6, 6.07) is 28.7. The van der Waals surface area contributed by atoms with Crippen molar-refractivity contribution in [1.82, 2.24) is 9.62 Å². The molecule has 5 aromatic rings. The van der Waals surface area contributed by atoms with Gasteiger partial charge in [0.05, 0.1) is 28.3 Å². The molecule has 52 heavy (non-hydrogen) atoms. The van der Waals surface area contributed by atoms with Gasteiger partial charge in [-0.25, -0.2) is 27.1 Å². The van der Waals surface area contributed by atoms with Crippen molar-refractivity contribution in [1.29, 1.82) is 0 Å². The number of rotatable bonds is 11. The highest BCUT2D eigenvalue weighted by Crippen LogP contribution is 2.37. The molecule has 3 N–H and O–H groups in total. The number of hydrogen-bond donors (Lipinski definition) is 3. The minimum atomic E-state index is -4.86. The molecule has 0 aromatic heterocycles. The number of fused-ring (bicyclic) bond motifs is 1. The number of nitrogens with one attached hydrogen (secondary N) is 1. The summed E-state index contributed by atoms with van der Waals surface area (Å²) in [5, 5.41) is 20.4. The second kappa shape index (κ2) is 14.9. The summed E-state index contributed by atoms with van der Waals surface area (Å²) in [5.41, 5.74) is -0.473. The van der Waals surface area contributed by atoms with Crippen molar-refractivity contribution in [3.05, 3.63) is 160 Å². The van der Waals surface area contributed by atoms with Gasteiger partial charge in [-0.3, -0.25) is 9.59 Å². The maximum atomic E-state index is 14.7. The molecule has 1 aliphatic rings. The first-order valence-corrected chi connectivity index (χ1v) is 17.6. The predicted molar refractivity (Wildman–Crippen MR) is 186 cm³/mol. The number of sulfonamides is 1. The van der Waals surface area contributed by atoms with E-state index in [0.29, 0.717) is 36.0 Å². The lowest BCUT2D eigenvalue weighted by Gasteiger charge is -2.36. The van der Waals surface area contributed by atoms with Crippen LogP contribution in [0.3, 0.4) is 0 Å². The Labute approximate surface area is 298 Å². The minimum Gasteiger partial charge on any atom is -0.478 e. The zero-order valence-electron chi connectivity index (χ0n) is 27.4. The molecule has 1 aliphatic carbocycles. The molecule has 0 saturated heterocycles. The number of carboxylic acids is 2. The van der Waals surface area contributed by atoms with E-state index in [-0.39, 0.29) is 6.54 Å². The van der Waals surface area contributed by atoms with E-state index in [4.69, 9.17) is 4.74 Å². The zero-order valence-corrected chi connectivity index (χ0v) is 28.2. The van der Waals surface area contributed by atoms with Crippen LogP contribution >= 0.6 is 0 Å². The number of aryl methyl sites for hydroxylation is 1. The third kappa shape index (κ3) is 7.54. The summed E-state index contributed by atoms with van der Waals surface area (Å²) in [4.78, 5) is 53.7. The minimum absolute atomic E-state index is 0.0333. The molecule has 264 valence electrons. The number of benzene rings is 5. The fraction of sp³-hybridized carbons (Fsp3) is 0.128. The van der Waals surface area contributed by atoms with E-state index in [0.717, 1.165) is 35.7 Å². The third-order valence-corrected chi connectivity index (χ3v) is 10.0. The van der Waals surface area contributed by atoms with Gasteiger partial charge in [0.1, 0.15) is 22.2 Å². The van der Waals surface area contributed by atoms with E-state index in [9.17, 15) is 42.2 Å². The molecule has 11 nitrogen and oxygen atoms in total. The van der Waals surface area contributed by atoms with Crippen molar-refractivity contribution in [2.24, 2.45) is 0 Å². The van der Waals surface area contributed by atoms with Crippen LogP contribution in [0.4, 0.5) is 4.39 Å². The highest BCUT2D eigenvalue weighted by atomic mass is 32.2. The molecule has 13 heteroatoms. The Morgan fingerprint density at radius 1 is 0.750 bits per heavy atom. The van der Waals surface area contributed by atoms with E-state index >= 15 is 0 Å². The number of aromatic carboxylic acids is 2. The second-order valence-electron chi connectivity index (χ2n) is 12.0. The molecular formula is C39H31FN2O9S. The molecule has 0 unspecified atom stereocenters. The Morgan fingerprint density at radius 2 is 1.38 bits per heavy atom. The molecule has 2 amide bonds. The van der Waals surface area contributed by atoms with Crippen molar-refractivity contribution < 1.29 is 46.9 Å². The van der Waals surface area contributed by atoms with E-state index in [2.05, 4.69) is 0 Å². The van der Waals surface area contributed by atoms with Crippen LogP contribution in [0.1, 0.15) is 77.0 Å². The standard InChI is InChI=1S/C39H31FN2O9S/c40-33-17-6-7-19-35(33)52(49,50)41-36(43)29-21-32(39(47)48)30(22-31(29)38(45)46)37(44)42(34-18-9-12-25-11-4-5-16-28(25)34)23-24-10-8-15-27(20-24)51-26-13-2-1-3-14-26/h1-8,10-11,13-17,19-22,34H,9,12,18,23H2,(H,41,43)(H,45,46)(H,47,48)/t34-/m0/s1. The molecule has 6 rings (SSSR count). The lowest BCUT2D eigenvalue weighted by molar-refractivity contribution is 0.0614. The first kappa shape index (κ1) is 35.5. The van der Waals surface area contributed by atoms with Crippen molar-refractivity contribution in [3.63, 3.8) is 0 Å². The second-order valence-corrected chi connectivity index (χ2v) is 13.7. The van der Waals surface area contributed by atoms with Crippen molar-refractivity contribution >= 4 is 33.8 Å². The average Bonchev–Trinajstić information content (AvgIpc) is 3.13. The molecule has 0 radical (unpaired) electrons. The van der Waals surface area contributed by atoms with Gasteiger partial charge in [-0.15, -0.1) is 0 Å². The molecule has 0 fully saturated rings. The van der Waals surface area contributed by atoms with Crippen molar-refractivity contribution in [2.75, 3.05) is 0 Å². The predicted octanol–water partition coefficient (Wildman–Crippen LogP) is 6.85. The number of ether oxygens (including phenoxy) is 1. The maximum Gasteiger partial charge on any atom is 0.336 e. The first-order valence-electron chi connectivity index (χ1n) is 16.1. The van der Waals surface area contributed by atoms with Crippen LogP contribution in [-0.2, 0) is 23.0 Å². The molecule has 1 atom stereocenters. The summed E-state index contributed by atoms with van der Waals surface area (Å²) in [7, 11) is -4.86. The molecular weight excluding hydrogens is 691 g/mol. The molecule has 0 aliphatic heterocycles. The van der Waals surface area contributed by atoms with Gasteiger partial charge in [-0.1, -0.05) is 66.7 Å². The van der Waals surface area contributed by atoms with Gasteiger partial charge < -0.3 is 19.8 Å².